The Morgan fingerprint density at radius 3 is 2.06 bits per heavy atom. The molecule has 0 bridgehead atoms. The molecule has 16 heavy (non-hydrogen) atoms. The summed E-state index contributed by atoms with van der Waals surface area (Å²) in [7, 11) is -9.79. The molecule has 11 heteroatoms. The SMILES string of the molecule is NC(=O)CCCC(OP(=O)(O)O)P(=O)(O)O. The molecule has 0 aliphatic carbocycles. The van der Waals surface area contributed by atoms with Gasteiger partial charge in [0.1, 0.15) is 0 Å². The van der Waals surface area contributed by atoms with E-state index in [1.54, 1.807) is 0 Å². The normalized spacial score (nSPS) is 14.8. The number of amides is 1. The number of nitrogens with two attached hydrogens (primary N) is 1. The van der Waals surface area contributed by atoms with Gasteiger partial charge in [0.05, 0.1) is 0 Å². The molecule has 0 rings (SSSR count). The smallest absolute Gasteiger partial charge is 0.370 e. The van der Waals surface area contributed by atoms with E-state index in [9.17, 15) is 13.9 Å². The molecule has 0 aliphatic rings. The van der Waals surface area contributed by atoms with Gasteiger partial charge in [0.15, 0.2) is 5.85 Å². The minimum atomic E-state index is -4.99. The summed E-state index contributed by atoms with van der Waals surface area (Å²) in [5.41, 5.74) is 4.79. The van der Waals surface area contributed by atoms with Crippen LogP contribution in [0.15, 0.2) is 0 Å². The van der Waals surface area contributed by atoms with Gasteiger partial charge >= 0.3 is 15.4 Å². The summed E-state index contributed by atoms with van der Waals surface area (Å²) in [4.78, 5) is 44.6. The predicted octanol–water partition coefficient (Wildman–Crippen LogP) is -0.745. The van der Waals surface area contributed by atoms with E-state index in [1.165, 1.54) is 0 Å². The number of phosphoric ester groups is 1. The fourth-order valence-corrected chi connectivity index (χ4v) is 2.69. The standard InChI is InChI=1S/C5H13NO8P2/c6-4(7)2-1-3-5(15(8,9)10)14-16(11,12)13/h5H,1-3H2,(H2,6,7)(H2,8,9,10)(H2,11,12,13). The van der Waals surface area contributed by atoms with Gasteiger partial charge in [-0.15, -0.1) is 0 Å². The molecule has 0 saturated carbocycles. The molecule has 0 saturated heterocycles. The highest BCUT2D eigenvalue weighted by Crippen LogP contribution is 2.51. The number of phosphoric acid groups is 1. The van der Waals surface area contributed by atoms with Gasteiger partial charge in [0.2, 0.25) is 5.91 Å². The lowest BCUT2D eigenvalue weighted by atomic mass is 10.2. The van der Waals surface area contributed by atoms with Crippen LogP contribution in [0.2, 0.25) is 0 Å². The van der Waals surface area contributed by atoms with Crippen molar-refractivity contribution < 1.29 is 38.0 Å². The summed E-state index contributed by atoms with van der Waals surface area (Å²) in [5, 5.41) is 0. The van der Waals surface area contributed by atoms with Crippen molar-refractivity contribution in [3.63, 3.8) is 0 Å². The molecule has 9 nitrogen and oxygen atoms in total. The van der Waals surface area contributed by atoms with E-state index in [0.29, 0.717) is 0 Å². The summed E-state index contributed by atoms with van der Waals surface area (Å²) in [6, 6.07) is 0. The summed E-state index contributed by atoms with van der Waals surface area (Å²) in [5.74, 6) is -2.62. The first-order chi connectivity index (χ1) is 7.02. The minimum absolute atomic E-state index is 0.0366. The van der Waals surface area contributed by atoms with Gasteiger partial charge in [-0.1, -0.05) is 0 Å². The second kappa shape index (κ2) is 5.88. The molecular formula is C5H13NO8P2. The molecule has 0 heterocycles. The topological polar surface area (TPSA) is 167 Å². The number of carbonyl (C=O) groups excluding carboxylic acids is 1. The maximum Gasteiger partial charge on any atom is 0.470 e. The van der Waals surface area contributed by atoms with Gasteiger partial charge in [-0.3, -0.25) is 13.9 Å². The van der Waals surface area contributed by atoms with E-state index in [4.69, 9.17) is 25.3 Å². The molecule has 0 radical (unpaired) electrons. The van der Waals surface area contributed by atoms with Crippen LogP contribution in [0.4, 0.5) is 0 Å². The van der Waals surface area contributed by atoms with E-state index in [2.05, 4.69) is 4.52 Å². The van der Waals surface area contributed by atoms with Gasteiger partial charge in [-0.05, 0) is 12.8 Å². The number of rotatable bonds is 7. The van der Waals surface area contributed by atoms with E-state index >= 15 is 0 Å². The Labute approximate surface area is 91.0 Å². The Hall–Kier alpha value is -0.270. The van der Waals surface area contributed by atoms with Gasteiger partial charge in [-0.2, -0.15) is 0 Å². The molecule has 1 unspecified atom stereocenters. The lowest BCUT2D eigenvalue weighted by molar-refractivity contribution is -0.118. The van der Waals surface area contributed by atoms with Crippen molar-refractivity contribution >= 4 is 21.3 Å². The second-order valence-corrected chi connectivity index (χ2v) is 5.94. The molecule has 0 aromatic carbocycles. The van der Waals surface area contributed by atoms with Crippen molar-refractivity contribution in [3.05, 3.63) is 0 Å². The van der Waals surface area contributed by atoms with Crippen LogP contribution in [-0.2, 0) is 18.4 Å². The third-order valence-electron chi connectivity index (χ3n) is 1.51. The molecule has 0 spiro atoms. The van der Waals surface area contributed by atoms with Crippen molar-refractivity contribution in [2.75, 3.05) is 0 Å². The fourth-order valence-electron chi connectivity index (χ4n) is 0.892. The Bertz CT molecular complexity index is 331. The van der Waals surface area contributed by atoms with Crippen molar-refractivity contribution in [3.8, 4) is 0 Å². The molecule has 1 atom stereocenters. The minimum Gasteiger partial charge on any atom is -0.370 e. The molecule has 0 fully saturated rings. The van der Waals surface area contributed by atoms with Crippen LogP contribution >= 0.6 is 15.4 Å². The molecule has 96 valence electrons. The molecule has 0 aliphatic heterocycles. The first-order valence-electron chi connectivity index (χ1n) is 4.10. The van der Waals surface area contributed by atoms with E-state index in [-0.39, 0.29) is 19.3 Å². The Morgan fingerprint density at radius 2 is 1.75 bits per heavy atom. The first kappa shape index (κ1) is 15.7. The number of hydrogen-bond acceptors (Lipinski definition) is 4. The van der Waals surface area contributed by atoms with Crippen LogP contribution in [0.3, 0.4) is 0 Å². The Morgan fingerprint density at radius 1 is 1.25 bits per heavy atom. The maximum absolute atomic E-state index is 10.8. The monoisotopic (exact) mass is 277 g/mol. The summed E-state index contributed by atoms with van der Waals surface area (Å²) >= 11 is 0. The molecule has 0 aromatic rings. The van der Waals surface area contributed by atoms with Crippen LogP contribution in [-0.4, -0.2) is 31.3 Å². The molecule has 0 aromatic heterocycles. The van der Waals surface area contributed by atoms with Gasteiger partial charge in [0, 0.05) is 6.42 Å². The van der Waals surface area contributed by atoms with Crippen molar-refractivity contribution in [1.29, 1.82) is 0 Å². The van der Waals surface area contributed by atoms with E-state index in [1.807, 2.05) is 0 Å². The van der Waals surface area contributed by atoms with Gasteiger partial charge in [0.25, 0.3) is 0 Å². The van der Waals surface area contributed by atoms with E-state index < -0.39 is 27.2 Å². The predicted molar refractivity (Wildman–Crippen MR) is 52.0 cm³/mol. The highest BCUT2D eigenvalue weighted by molar-refractivity contribution is 7.53. The van der Waals surface area contributed by atoms with Crippen LogP contribution in [0.25, 0.3) is 0 Å². The van der Waals surface area contributed by atoms with E-state index in [0.717, 1.165) is 0 Å². The first-order valence-corrected chi connectivity index (χ1v) is 7.31. The van der Waals surface area contributed by atoms with Crippen molar-refractivity contribution in [1.82, 2.24) is 0 Å². The van der Waals surface area contributed by atoms with Crippen LogP contribution < -0.4 is 5.73 Å². The Balaban J connectivity index is 4.41. The average molecular weight is 277 g/mol. The second-order valence-electron chi connectivity index (χ2n) is 3.00. The van der Waals surface area contributed by atoms with Gasteiger partial charge in [-0.25, -0.2) is 4.57 Å². The molecule has 6 N–H and O–H groups in total. The third-order valence-corrected chi connectivity index (χ3v) is 3.32. The summed E-state index contributed by atoms with van der Waals surface area (Å²) < 4.78 is 25.2. The average Bonchev–Trinajstić information content (AvgIpc) is 1.97. The van der Waals surface area contributed by atoms with Gasteiger partial charge < -0.3 is 25.3 Å². The highest BCUT2D eigenvalue weighted by atomic mass is 31.2. The largest absolute Gasteiger partial charge is 0.470 e. The zero-order chi connectivity index (χ0) is 13.0. The molecule has 1 amide bonds. The number of primary amides is 1. The third kappa shape index (κ3) is 7.95. The number of hydrogen-bond donors (Lipinski definition) is 5. The van der Waals surface area contributed by atoms with Crippen LogP contribution in [0.1, 0.15) is 19.3 Å². The zero-order valence-electron chi connectivity index (χ0n) is 8.09. The lowest BCUT2D eigenvalue weighted by Crippen LogP contribution is -2.15. The van der Waals surface area contributed by atoms with Crippen molar-refractivity contribution in [2.45, 2.75) is 25.1 Å². The van der Waals surface area contributed by atoms with Crippen LogP contribution in [0, 0.1) is 0 Å². The molecular weight excluding hydrogens is 264 g/mol. The zero-order valence-corrected chi connectivity index (χ0v) is 9.88. The summed E-state index contributed by atoms with van der Waals surface area (Å²) in [6.07, 6.45) is -0.565. The van der Waals surface area contributed by atoms with Crippen molar-refractivity contribution in [2.24, 2.45) is 5.73 Å². The fraction of sp³-hybridized carbons (Fsp3) is 0.800. The lowest BCUT2D eigenvalue weighted by Gasteiger charge is -2.18. The van der Waals surface area contributed by atoms with Crippen LogP contribution in [0.5, 0.6) is 0 Å². The quantitative estimate of drug-likeness (QED) is 0.379. The Kier molecular flexibility index (Phi) is 5.78. The highest BCUT2D eigenvalue weighted by Gasteiger charge is 2.35. The number of carbonyl (C=O) groups is 1. The summed E-state index contributed by atoms with van der Waals surface area (Å²) in [6.45, 7) is 0. The maximum atomic E-state index is 10.8.